The lowest BCUT2D eigenvalue weighted by Crippen LogP contribution is -2.59. The van der Waals surface area contributed by atoms with Gasteiger partial charge < -0.3 is 19.9 Å². The van der Waals surface area contributed by atoms with Crippen LogP contribution in [0.2, 0.25) is 0 Å². The van der Waals surface area contributed by atoms with Gasteiger partial charge in [-0.1, -0.05) is 6.92 Å². The topological polar surface area (TPSA) is 79.6 Å². The summed E-state index contributed by atoms with van der Waals surface area (Å²) in [5, 5.41) is 14.9. The maximum Gasteiger partial charge on any atom is 0.191 e. The minimum Gasteiger partial charge on any atom is -0.373 e. The molecule has 1 aromatic heterocycles. The van der Waals surface area contributed by atoms with Crippen LogP contribution in [0.15, 0.2) is 11.3 Å². The first-order chi connectivity index (χ1) is 12.4. The van der Waals surface area contributed by atoms with Gasteiger partial charge in [-0.05, 0) is 27.7 Å². The number of nitrogens with zero attached hydrogens (tertiary/aromatic N) is 5. The van der Waals surface area contributed by atoms with Gasteiger partial charge in [-0.2, -0.15) is 0 Å². The first-order valence-electron chi connectivity index (χ1n) is 9.57. The van der Waals surface area contributed by atoms with Crippen LogP contribution in [-0.4, -0.2) is 76.6 Å². The predicted molar refractivity (Wildman–Crippen MR) is 120 cm³/mol. The van der Waals surface area contributed by atoms with E-state index in [-0.39, 0.29) is 41.7 Å². The number of hydrogen-bond donors (Lipinski definition) is 2. The van der Waals surface area contributed by atoms with Gasteiger partial charge >= 0.3 is 0 Å². The van der Waals surface area contributed by atoms with Gasteiger partial charge in [-0.3, -0.25) is 9.89 Å². The number of halogens is 1. The zero-order valence-corrected chi connectivity index (χ0v) is 19.9. The molecule has 156 valence electrons. The molecule has 2 rings (SSSR count). The fourth-order valence-corrected chi connectivity index (χ4v) is 3.34. The zero-order valence-electron chi connectivity index (χ0n) is 17.5. The number of nitrogens with one attached hydrogen (secondary N) is 2. The number of aromatic nitrogens is 3. The van der Waals surface area contributed by atoms with Crippen molar-refractivity contribution in [1.29, 1.82) is 0 Å². The minimum absolute atomic E-state index is 0. The maximum absolute atomic E-state index is 5.85. The molecule has 1 fully saturated rings. The molecule has 0 bridgehead atoms. The van der Waals surface area contributed by atoms with Crippen LogP contribution in [0, 0.1) is 0 Å². The Morgan fingerprint density at radius 3 is 2.56 bits per heavy atom. The third-order valence-corrected chi connectivity index (χ3v) is 4.84. The highest BCUT2D eigenvalue weighted by molar-refractivity contribution is 14.0. The number of rotatable bonds is 7. The summed E-state index contributed by atoms with van der Waals surface area (Å²) in [4.78, 5) is 6.84. The smallest absolute Gasteiger partial charge is 0.191 e. The van der Waals surface area contributed by atoms with E-state index in [1.165, 1.54) is 0 Å². The second-order valence-electron chi connectivity index (χ2n) is 7.62. The molecule has 2 N–H and O–H groups in total. The predicted octanol–water partition coefficient (Wildman–Crippen LogP) is 1.51. The van der Waals surface area contributed by atoms with Crippen molar-refractivity contribution in [3.05, 3.63) is 12.2 Å². The summed E-state index contributed by atoms with van der Waals surface area (Å²) in [5.74, 6) is 1.82. The minimum atomic E-state index is 0. The van der Waals surface area contributed by atoms with Crippen molar-refractivity contribution in [2.24, 2.45) is 4.99 Å². The Morgan fingerprint density at radius 1 is 1.30 bits per heavy atom. The molecule has 1 aliphatic heterocycles. The van der Waals surface area contributed by atoms with Gasteiger partial charge in [0.2, 0.25) is 0 Å². The Hall–Kier alpha value is -0.940. The monoisotopic (exact) mass is 493 g/mol. The van der Waals surface area contributed by atoms with Gasteiger partial charge in [0.25, 0.3) is 0 Å². The molecule has 1 saturated heterocycles. The molecule has 0 spiro atoms. The lowest BCUT2D eigenvalue weighted by Gasteiger charge is -2.45. The van der Waals surface area contributed by atoms with Crippen molar-refractivity contribution >= 4 is 29.9 Å². The molecular weight excluding hydrogens is 457 g/mol. The van der Waals surface area contributed by atoms with Crippen molar-refractivity contribution in [2.75, 3.05) is 33.2 Å². The van der Waals surface area contributed by atoms with Gasteiger partial charge in [-0.25, -0.2) is 0 Å². The fraction of sp³-hybridized carbons (Fsp3) is 0.833. The van der Waals surface area contributed by atoms with Gasteiger partial charge in [0.15, 0.2) is 5.96 Å². The second kappa shape index (κ2) is 11.2. The highest BCUT2D eigenvalue weighted by atomic mass is 127. The van der Waals surface area contributed by atoms with Gasteiger partial charge in [0.1, 0.15) is 12.2 Å². The Morgan fingerprint density at radius 2 is 1.96 bits per heavy atom. The van der Waals surface area contributed by atoms with Crippen molar-refractivity contribution in [2.45, 2.75) is 65.3 Å². The van der Waals surface area contributed by atoms with E-state index in [4.69, 9.17) is 4.74 Å². The largest absolute Gasteiger partial charge is 0.373 e. The summed E-state index contributed by atoms with van der Waals surface area (Å²) in [5.41, 5.74) is 0.0214. The van der Waals surface area contributed by atoms with E-state index in [0.29, 0.717) is 0 Å². The van der Waals surface area contributed by atoms with Crippen LogP contribution in [0.3, 0.4) is 0 Å². The molecule has 2 unspecified atom stereocenters. The molecule has 0 amide bonds. The van der Waals surface area contributed by atoms with Crippen LogP contribution < -0.4 is 10.6 Å². The standard InChI is InChI=1S/C18H35N7O.HI/c1-7-16-23-22-13-24(16)9-8-20-17(19-6)21-12-18(4,5)25-10-14(2)26-15(3)11-25;/h13-15H,7-12H2,1-6H3,(H2,19,20,21);1H. The quantitative estimate of drug-likeness (QED) is 0.341. The van der Waals surface area contributed by atoms with Crippen LogP contribution >= 0.6 is 24.0 Å². The summed E-state index contributed by atoms with van der Waals surface area (Å²) in [6.07, 6.45) is 3.21. The molecule has 2 atom stereocenters. The van der Waals surface area contributed by atoms with Crippen LogP contribution in [0.1, 0.15) is 40.4 Å². The number of guanidine groups is 1. The summed E-state index contributed by atoms with van der Waals surface area (Å²) >= 11 is 0. The third kappa shape index (κ3) is 7.19. The van der Waals surface area contributed by atoms with Crippen LogP contribution in [0.5, 0.6) is 0 Å². The summed E-state index contributed by atoms with van der Waals surface area (Å²) in [6, 6.07) is 0. The van der Waals surface area contributed by atoms with Gasteiger partial charge in [0, 0.05) is 51.7 Å². The molecule has 0 aliphatic carbocycles. The molecule has 0 saturated carbocycles. The van der Waals surface area contributed by atoms with Crippen LogP contribution in [0.25, 0.3) is 0 Å². The Kier molecular flexibility index (Phi) is 9.96. The molecule has 1 aromatic rings. The van der Waals surface area contributed by atoms with E-state index in [0.717, 1.165) is 50.9 Å². The first-order valence-corrected chi connectivity index (χ1v) is 9.57. The van der Waals surface area contributed by atoms with E-state index in [1.807, 2.05) is 0 Å². The SMILES string of the molecule is CCc1nncn1CCNC(=NC)NCC(C)(C)N1CC(C)OC(C)C1.I. The third-order valence-electron chi connectivity index (χ3n) is 4.84. The number of aryl methyl sites for hydroxylation is 1. The van der Waals surface area contributed by atoms with E-state index < -0.39 is 0 Å². The molecule has 0 radical (unpaired) electrons. The molecule has 1 aliphatic rings. The van der Waals surface area contributed by atoms with E-state index >= 15 is 0 Å². The highest BCUT2D eigenvalue weighted by Crippen LogP contribution is 2.20. The lowest BCUT2D eigenvalue weighted by atomic mass is 10.00. The van der Waals surface area contributed by atoms with E-state index in [9.17, 15) is 0 Å². The Bertz CT molecular complexity index is 580. The lowest BCUT2D eigenvalue weighted by molar-refractivity contribution is -0.0946. The zero-order chi connectivity index (χ0) is 19.2. The first kappa shape index (κ1) is 24.1. The van der Waals surface area contributed by atoms with E-state index in [2.05, 4.69) is 69.9 Å². The second-order valence-corrected chi connectivity index (χ2v) is 7.62. The molecule has 27 heavy (non-hydrogen) atoms. The number of hydrogen-bond acceptors (Lipinski definition) is 5. The number of aliphatic imine (C=N–C) groups is 1. The summed E-state index contributed by atoms with van der Waals surface area (Å²) in [6.45, 7) is 15.2. The maximum atomic E-state index is 5.85. The summed E-state index contributed by atoms with van der Waals surface area (Å²) in [7, 11) is 1.80. The van der Waals surface area contributed by atoms with Crippen molar-refractivity contribution in [1.82, 2.24) is 30.3 Å². The van der Waals surface area contributed by atoms with E-state index in [1.54, 1.807) is 13.4 Å². The molecule has 8 nitrogen and oxygen atoms in total. The molecule has 0 aromatic carbocycles. The molecule has 2 heterocycles. The van der Waals surface area contributed by atoms with Crippen LogP contribution in [-0.2, 0) is 17.7 Å². The Balaban J connectivity index is 0.00000364. The average Bonchev–Trinajstić information content (AvgIpc) is 3.04. The molecule has 9 heteroatoms. The van der Waals surface area contributed by atoms with Crippen molar-refractivity contribution < 1.29 is 4.74 Å². The fourth-order valence-electron chi connectivity index (χ4n) is 3.34. The Labute approximate surface area is 180 Å². The molecular formula is C18H36IN7O. The highest BCUT2D eigenvalue weighted by Gasteiger charge is 2.33. The van der Waals surface area contributed by atoms with Crippen molar-refractivity contribution in [3.8, 4) is 0 Å². The average molecular weight is 493 g/mol. The van der Waals surface area contributed by atoms with Crippen molar-refractivity contribution in [3.63, 3.8) is 0 Å². The van der Waals surface area contributed by atoms with Crippen LogP contribution in [0.4, 0.5) is 0 Å². The number of morpholine rings is 1. The van der Waals surface area contributed by atoms with Gasteiger partial charge in [0.05, 0.1) is 12.2 Å². The normalized spacial score (nSPS) is 21.6. The van der Waals surface area contributed by atoms with Gasteiger partial charge in [-0.15, -0.1) is 34.2 Å². The number of ether oxygens (including phenoxy) is 1. The summed E-state index contributed by atoms with van der Waals surface area (Å²) < 4.78 is 7.93.